The van der Waals surface area contributed by atoms with Crippen LogP contribution in [0.1, 0.15) is 189 Å². The quantitative estimate of drug-likeness (QED) is 0.00470. The van der Waals surface area contributed by atoms with Crippen LogP contribution in [0.25, 0.3) is 49.2 Å². The number of nitrogens with zero attached hydrogens (tertiary/aromatic N) is 3. The number of esters is 4. The Morgan fingerprint density at radius 1 is 0.544 bits per heavy atom. The number of benzene rings is 5. The maximum absolute atomic E-state index is 13.3. The topological polar surface area (TPSA) is 388 Å². The van der Waals surface area contributed by atoms with Crippen LogP contribution in [0.15, 0.2) is 140 Å². The van der Waals surface area contributed by atoms with E-state index in [1.165, 1.54) is 33.3 Å². The van der Waals surface area contributed by atoms with Gasteiger partial charge in [-0.05, 0) is 126 Å². The molecule has 0 spiro atoms. The van der Waals surface area contributed by atoms with Crippen molar-refractivity contribution in [3.05, 3.63) is 190 Å². The summed E-state index contributed by atoms with van der Waals surface area (Å²) in [5.41, 5.74) is 14.8. The van der Waals surface area contributed by atoms with E-state index in [9.17, 15) is 56.1 Å². The second kappa shape index (κ2) is 62.8. The Bertz CT molecular complexity index is 4220. The average molecular weight is 1640 g/mol. The van der Waals surface area contributed by atoms with Crippen molar-refractivity contribution in [2.24, 2.45) is 11.7 Å². The standard InChI is InChI=1S/C20H24N2O3.C19H22N2O4.C11H11NO2.C10H9NO2.C6H8N2.C5H8O3.C4H10O.6CH4.BF3.FH.H3N2O.Na.H3P.H2/c1-13(20(24)25-3)12-22(15-8-4-5-9-15)19(23)18-14(2)16-10-6-7-11-17(16)21-18;1-12-14-9-5-6-10-15(14)20-17(12)18(23)21(13-7-3-4-8-13)11-16(22)19(24)25-2;1-7-8-5-3-4-6-9(8)12-10(7)11(13)14-2;1-6-7-4-2-3-5-8(7)11-9(6)10(12)13;7-8-6-4-2-1-3-5-6;1-3-4(6)5(7)8-2;1-3-5-4-2;;;;;;;2-1(3)4;;1-2-3;;;/h6-7,10-11,15,21H,1,4-5,8-9,12H2,2-3H3;5-6,9-10,13,20H,3-4,7-8,11H2,1-2H3;3-6,12H,1-2H3;2-5,11H,1H3,(H,12,13);1-5,8H,7H2;3H2,1-2H3;3-4H2,1-2H3;6*1H4;;1H;3H,1H2;;1H3;1H/q;;;;;;;;;;;;;;;-1;+1;;/i;;;;;;;;;;;;;;;;;1T3;1+1. The summed E-state index contributed by atoms with van der Waals surface area (Å²) >= 11 is 0. The molecule has 2 fully saturated rings. The number of H-pyrrole nitrogens is 4. The number of aromatic nitrogens is 4. The van der Waals surface area contributed by atoms with E-state index < -0.39 is 52.7 Å². The molecule has 26 nitrogen and oxygen atoms in total. The van der Waals surface area contributed by atoms with Crippen molar-refractivity contribution in [2.75, 3.05) is 60.2 Å². The maximum Gasteiger partial charge on any atom is 1.00 e. The van der Waals surface area contributed by atoms with Gasteiger partial charge in [0.1, 0.15) is 22.8 Å². The first-order valence-electron chi connectivity index (χ1n) is 34.8. The number of ether oxygens (including phenoxy) is 5. The van der Waals surface area contributed by atoms with Gasteiger partial charge in [-0.3, -0.25) is 42.7 Å². The molecule has 2 saturated carbocycles. The van der Waals surface area contributed by atoms with Crippen LogP contribution in [0.5, 0.6) is 0 Å². The van der Waals surface area contributed by atoms with Crippen molar-refractivity contribution in [3.63, 3.8) is 0 Å². The van der Waals surface area contributed by atoms with Gasteiger partial charge in [0.15, 0.2) is 0 Å². The van der Waals surface area contributed by atoms with Gasteiger partial charge in [-0.2, -0.15) is 9.73 Å². The number of halogens is 4. The molecule has 0 atom stereocenters. The summed E-state index contributed by atoms with van der Waals surface area (Å²) in [7, 11) is -0.464. The zero-order chi connectivity index (χ0) is 81.9. The zero-order valence-electron chi connectivity index (χ0n) is 65.9. The zero-order valence-corrected chi connectivity index (χ0v) is 65.7. The van der Waals surface area contributed by atoms with Crippen molar-refractivity contribution in [3.8, 4) is 0 Å². The molecule has 2 aliphatic carbocycles. The van der Waals surface area contributed by atoms with E-state index in [0.29, 0.717) is 22.7 Å². The van der Waals surface area contributed by atoms with Crippen LogP contribution in [0, 0.1) is 27.7 Å². The number of Topliss-reactive ketones (excluding diaryl/α,β-unsaturated/α-hetero) is 2. The molecule has 632 valence electrons. The molecule has 5 aromatic carbocycles. The molecule has 11 rings (SSSR count). The number of methoxy groups -OCH3 is 4. The number of carbonyl (C=O) groups excluding carboxylic acids is 8. The molecule has 9 aromatic rings. The minimum absolute atomic E-state index is 0. The number of aryl methyl sites for hydroxylation is 4. The molecule has 2 aliphatic rings. The number of ketones is 2. The van der Waals surface area contributed by atoms with E-state index in [-0.39, 0.29) is 135 Å². The normalized spacial score (nSPS) is 11.2. The number of nitrogens with one attached hydrogen (secondary N) is 5. The van der Waals surface area contributed by atoms with E-state index in [4.69, 9.17) is 29.5 Å². The smallest absolute Gasteiger partial charge is 0.488 e. The van der Waals surface area contributed by atoms with E-state index >= 15 is 0 Å². The number of hydrazine groups is 1. The first kappa shape index (κ1) is 111. The van der Waals surface area contributed by atoms with Crippen LogP contribution < -0.4 is 46.7 Å². The molecule has 114 heavy (non-hydrogen) atoms. The first-order chi connectivity index (χ1) is 51.9. The Kier molecular flexibility index (Phi) is 61.1. The Morgan fingerprint density at radius 3 is 1.11 bits per heavy atom. The number of carboxylic acids is 1. The predicted octanol–water partition coefficient (Wildman–Crippen LogP) is 14.6. The van der Waals surface area contributed by atoms with Crippen LogP contribution >= 0.6 is 9.73 Å². The molecule has 0 aliphatic heterocycles. The van der Waals surface area contributed by atoms with Crippen molar-refractivity contribution in [2.45, 2.75) is 163 Å². The predicted molar refractivity (Wildman–Crippen MR) is 453 cm³/mol. The van der Waals surface area contributed by atoms with Gasteiger partial charge in [0, 0.05) is 88.0 Å². The number of anilines is 1. The molecule has 0 radical (unpaired) electrons. The third-order valence-electron chi connectivity index (χ3n) is 16.6. The van der Waals surface area contributed by atoms with Crippen LogP contribution in [-0.2, 0) is 47.7 Å². The second-order valence-electron chi connectivity index (χ2n) is 23.2. The molecule has 0 saturated heterocycles. The van der Waals surface area contributed by atoms with E-state index in [1.54, 1.807) is 11.8 Å². The number of nitrogen functional groups attached to an aromatic ring is 1. The maximum atomic E-state index is 13.3. The Balaban J connectivity index is -0.000000202. The fourth-order valence-electron chi connectivity index (χ4n) is 11.3. The molecule has 33 heteroatoms. The van der Waals surface area contributed by atoms with Gasteiger partial charge in [0.2, 0.25) is 5.78 Å². The number of aromatic carboxylic acids is 1. The van der Waals surface area contributed by atoms with Crippen molar-refractivity contribution in [1.82, 2.24) is 29.7 Å². The number of carbonyl (C=O) groups is 9. The Labute approximate surface area is 700 Å². The Hall–Kier alpha value is -9.56. The molecule has 4 aromatic heterocycles. The van der Waals surface area contributed by atoms with Gasteiger partial charge < -0.3 is 80.6 Å². The van der Waals surface area contributed by atoms with Gasteiger partial charge in [-0.25, -0.2) is 24.0 Å². The number of rotatable bonds is 17. The third kappa shape index (κ3) is 36.3. The van der Waals surface area contributed by atoms with Gasteiger partial charge in [-0.15, -0.1) is 0 Å². The summed E-state index contributed by atoms with van der Waals surface area (Å²) in [6.45, 7) is 18.6. The van der Waals surface area contributed by atoms with E-state index in [0.717, 1.165) is 136 Å². The summed E-state index contributed by atoms with van der Waals surface area (Å²) in [6.07, 6.45) is 8.07. The van der Waals surface area contributed by atoms with Gasteiger partial charge in [-0.1, -0.05) is 175 Å². The largest absolute Gasteiger partial charge is 1.00 e. The Morgan fingerprint density at radius 2 is 0.833 bits per heavy atom. The van der Waals surface area contributed by atoms with Crippen molar-refractivity contribution < 1.29 is 126 Å². The number of carboxylic acid groups (broad SMARTS) is 1. The monoisotopic (exact) mass is 1640 g/mol. The SMILES string of the molecule is C.C.C.C.C.C.C=C(CN(C(=O)c1[nH]c2ccccc2c1C)C1CCCC1)C(=O)OC.CCC(=O)C(=O)OC.CCOCC.COC(=O)C(=O)CN(C(=O)c1[nH]c2ccccc2c1C)C1CCCC1.COC(=O)c1[nH]c2ccccc2c1C.Cc1c(C(=O)O)[nH]c2ccccc12.F.FB(F)F.NNc1ccccc1.N[N-]O.[2HH].[3H]P([3H])[3H].[Na+]. The summed E-state index contributed by atoms with van der Waals surface area (Å²) in [5, 5.41) is 19.9. The molecule has 11 N–H and O–H groups in total. The fraction of sp³-hybridized carbons (Fsp3) is 0.395. The van der Waals surface area contributed by atoms with Crippen LogP contribution in [0.4, 0.5) is 23.3 Å². The molecule has 2 amide bonds. The first-order valence-corrected chi connectivity index (χ1v) is 33.5. The van der Waals surface area contributed by atoms with Gasteiger partial charge in [0.05, 0.1) is 45.4 Å². The van der Waals surface area contributed by atoms with Crippen molar-refractivity contribution in [1.29, 1.82) is 3.84 Å². The van der Waals surface area contributed by atoms with Gasteiger partial charge >= 0.3 is 66.9 Å². The summed E-state index contributed by atoms with van der Waals surface area (Å²) in [4.78, 5) is 120. The van der Waals surface area contributed by atoms with E-state index in [1.807, 2.05) is 175 Å². The van der Waals surface area contributed by atoms with Crippen molar-refractivity contribution >= 4 is 120 Å². The number of nitrogens with two attached hydrogens (primary N) is 2. The molecule has 0 bridgehead atoms. The molecule has 4 heterocycles. The fourth-order valence-corrected chi connectivity index (χ4v) is 11.3. The number of aromatic amines is 4. The van der Waals surface area contributed by atoms with Crippen LogP contribution in [-0.4, -0.2) is 171 Å². The van der Waals surface area contributed by atoms with Crippen LogP contribution in [0.2, 0.25) is 0 Å². The molecule has 0 unspecified atom stereocenters. The molecular formula is C81H125BF4N10NaO16P. The minimum atomic E-state index is -3.67. The number of hydrogen-bond acceptors (Lipinski definition) is 18. The van der Waals surface area contributed by atoms with E-state index in [2.05, 4.69) is 52.0 Å². The molecular weight excluding hydrogens is 1510 g/mol. The van der Waals surface area contributed by atoms with Crippen LogP contribution in [0.3, 0.4) is 0 Å². The third-order valence-corrected chi connectivity index (χ3v) is 16.6. The summed E-state index contributed by atoms with van der Waals surface area (Å²) in [5.74, 6) is 4.27. The van der Waals surface area contributed by atoms with Gasteiger partial charge in [0.25, 0.3) is 17.6 Å². The summed E-state index contributed by atoms with van der Waals surface area (Å²) < 4.78 is 69.8. The second-order valence-corrected chi connectivity index (χ2v) is 23.2. The minimum Gasteiger partial charge on any atom is -0.488 e. The number of hydrogen-bond donors (Lipinski definition) is 9. The number of amides is 2. The number of para-hydroxylation sites is 5. The number of fused-ring (bicyclic) bond motifs is 4. The summed E-state index contributed by atoms with van der Waals surface area (Å²) in [6, 6.07) is 40.7. The average Bonchev–Trinajstić information content (AvgIpc) is 1.71.